The number of fused-ring (bicyclic) bond motifs is 1. The van der Waals surface area contributed by atoms with Crippen LogP contribution < -0.4 is 4.74 Å². The number of rotatable bonds is 11. The third-order valence-electron chi connectivity index (χ3n) is 5.83. The van der Waals surface area contributed by atoms with Gasteiger partial charge in [0.2, 0.25) is 4.74 Å². The highest BCUT2D eigenvalue weighted by atomic mass is 127. The summed E-state index contributed by atoms with van der Waals surface area (Å²) in [4.78, 5) is 26.1. The van der Waals surface area contributed by atoms with Gasteiger partial charge in [-0.1, -0.05) is 95.5 Å². The average Bonchev–Trinajstić information content (AvgIpc) is 2.67. The molecular formula is C25H34I2O3S2. The molecule has 0 radical (unpaired) electrons. The molecule has 3 nitrogen and oxygen atoms in total. The maximum Gasteiger partial charge on any atom is 0.312 e. The van der Waals surface area contributed by atoms with E-state index in [2.05, 4.69) is 78.9 Å². The summed E-state index contributed by atoms with van der Waals surface area (Å²) < 4.78 is 6.78. The fourth-order valence-corrected chi connectivity index (χ4v) is 8.51. The van der Waals surface area contributed by atoms with Gasteiger partial charge in [-0.05, 0) is 52.5 Å². The second-order valence-electron chi connectivity index (χ2n) is 9.57. The number of hydrogen-bond donors (Lipinski definition) is 0. The predicted molar refractivity (Wildman–Crippen MR) is 157 cm³/mol. The molecule has 0 spiro atoms. The molecule has 2 atom stereocenters. The summed E-state index contributed by atoms with van der Waals surface area (Å²) in [5.74, 6) is -0.123. The molecule has 0 N–H and O–H groups in total. The van der Waals surface area contributed by atoms with Gasteiger partial charge < -0.3 is 4.74 Å². The zero-order chi connectivity index (χ0) is 24.2. The molecule has 0 aliphatic carbocycles. The van der Waals surface area contributed by atoms with E-state index in [0.29, 0.717) is 11.9 Å². The molecule has 0 amide bonds. The molecule has 1 aromatic carbocycles. The second kappa shape index (κ2) is 11.7. The lowest BCUT2D eigenvalue weighted by Gasteiger charge is -2.41. The minimum absolute atomic E-state index is 0.0914. The van der Waals surface area contributed by atoms with Crippen molar-refractivity contribution in [1.29, 1.82) is 0 Å². The molecule has 2 aromatic rings. The number of carbonyl (C=O) groups excluding carboxylic acids is 1. The molecule has 7 heteroatoms. The highest BCUT2D eigenvalue weighted by molar-refractivity contribution is 14.1. The van der Waals surface area contributed by atoms with Gasteiger partial charge in [-0.2, -0.15) is 0 Å². The Hall–Kier alpha value is 0.130. The van der Waals surface area contributed by atoms with Crippen molar-refractivity contribution in [3.05, 3.63) is 39.9 Å². The van der Waals surface area contributed by atoms with E-state index in [1.807, 2.05) is 32.0 Å². The minimum Gasteiger partial charge on any atom is -0.465 e. The van der Waals surface area contributed by atoms with Gasteiger partial charge in [0.05, 0.1) is 12.0 Å². The number of hydrogen-bond acceptors (Lipinski definition) is 5. The molecule has 2 unspecified atom stereocenters. The van der Waals surface area contributed by atoms with Gasteiger partial charge in [-0.25, -0.2) is 0 Å². The molecule has 2 rings (SSSR count). The fourth-order valence-electron chi connectivity index (χ4n) is 3.58. The predicted octanol–water partition coefficient (Wildman–Crippen LogP) is 8.28. The largest absolute Gasteiger partial charge is 0.465 e. The van der Waals surface area contributed by atoms with Crippen molar-refractivity contribution < 1.29 is 9.53 Å². The Morgan fingerprint density at radius 2 is 1.81 bits per heavy atom. The average molecular weight is 700 g/mol. The Labute approximate surface area is 228 Å². The number of esters is 1. The van der Waals surface area contributed by atoms with Gasteiger partial charge in [-0.3, -0.25) is 9.59 Å². The molecule has 178 valence electrons. The topological polar surface area (TPSA) is 43.4 Å². The zero-order valence-corrected chi connectivity index (χ0v) is 25.7. The Bertz CT molecular complexity index is 977. The second-order valence-corrected chi connectivity index (χ2v) is 17.3. The van der Waals surface area contributed by atoms with E-state index in [0.717, 1.165) is 40.7 Å². The monoisotopic (exact) mass is 700 g/mol. The Morgan fingerprint density at radius 1 is 1.16 bits per heavy atom. The summed E-state index contributed by atoms with van der Waals surface area (Å²) >= 11 is 7.94. The normalized spacial score (nSPS) is 15.4. The Balaban J connectivity index is 1.94. The highest BCUT2D eigenvalue weighted by Gasteiger charge is 2.48. The summed E-state index contributed by atoms with van der Waals surface area (Å²) in [7, 11) is 0. The first-order valence-corrected chi connectivity index (χ1v) is 14.9. The van der Waals surface area contributed by atoms with E-state index in [4.69, 9.17) is 4.74 Å². The number of carbonyl (C=O) groups is 1. The van der Waals surface area contributed by atoms with Crippen LogP contribution in [0.2, 0.25) is 0 Å². The van der Waals surface area contributed by atoms with Crippen molar-refractivity contribution in [3.8, 4) is 0 Å². The molecular weight excluding hydrogens is 666 g/mol. The van der Waals surface area contributed by atoms with E-state index in [-0.39, 0.29) is 17.6 Å². The van der Waals surface area contributed by atoms with Gasteiger partial charge in [0.15, 0.2) is 0 Å². The molecule has 1 heterocycles. The summed E-state index contributed by atoms with van der Waals surface area (Å²) in [5, 5.41) is 1.53. The number of thioether (sulfide) groups is 1. The summed E-state index contributed by atoms with van der Waals surface area (Å²) in [6.45, 7) is 13.1. The number of alkyl halides is 2. The first kappa shape index (κ1) is 28.4. The van der Waals surface area contributed by atoms with Crippen molar-refractivity contribution in [2.45, 2.75) is 84.2 Å². The van der Waals surface area contributed by atoms with E-state index in [9.17, 15) is 9.59 Å². The summed E-state index contributed by atoms with van der Waals surface area (Å²) in [6.07, 6.45) is 3.69. The quantitative estimate of drug-likeness (QED) is 0.0779. The van der Waals surface area contributed by atoms with Crippen LogP contribution in [-0.2, 0) is 9.53 Å². The molecule has 1 aromatic heterocycles. The van der Waals surface area contributed by atoms with Crippen LogP contribution >= 0.6 is 68.3 Å². The molecule has 0 saturated carbocycles. The SMILES string of the molecule is CCC(CCCOC(=O)C(C)(C)C(C)(I)CC(C)(C)I)Sc1cc(=O)sc2ccccc12. The first-order valence-electron chi connectivity index (χ1n) is 11.0. The lowest BCUT2D eigenvalue weighted by atomic mass is 9.76. The van der Waals surface area contributed by atoms with Crippen molar-refractivity contribution in [1.82, 2.24) is 0 Å². The third kappa shape index (κ3) is 7.83. The molecule has 0 aliphatic rings. The van der Waals surface area contributed by atoms with Gasteiger partial charge in [-0.15, -0.1) is 11.8 Å². The fraction of sp³-hybridized carbons (Fsp3) is 0.600. The summed E-state index contributed by atoms with van der Waals surface area (Å²) in [6, 6.07) is 9.85. The van der Waals surface area contributed by atoms with Gasteiger partial charge >= 0.3 is 5.97 Å². The number of halogens is 2. The van der Waals surface area contributed by atoms with Gasteiger partial charge in [0, 0.05) is 33.1 Å². The van der Waals surface area contributed by atoms with E-state index >= 15 is 0 Å². The number of ether oxygens (including phenoxy) is 1. The lowest BCUT2D eigenvalue weighted by Crippen LogP contribution is -2.46. The van der Waals surface area contributed by atoms with Crippen LogP contribution in [0.4, 0.5) is 0 Å². The van der Waals surface area contributed by atoms with Gasteiger partial charge in [0.25, 0.3) is 0 Å². The van der Waals surface area contributed by atoms with E-state index < -0.39 is 5.41 Å². The maximum atomic E-state index is 12.9. The van der Waals surface area contributed by atoms with Crippen molar-refractivity contribution in [2.75, 3.05) is 6.61 Å². The Kier molecular flexibility index (Phi) is 10.4. The van der Waals surface area contributed by atoms with Crippen LogP contribution in [0.15, 0.2) is 40.0 Å². The van der Waals surface area contributed by atoms with Crippen molar-refractivity contribution >= 4 is 84.3 Å². The van der Waals surface area contributed by atoms with Crippen LogP contribution in [0, 0.1) is 5.41 Å². The van der Waals surface area contributed by atoms with Gasteiger partial charge in [0.1, 0.15) is 0 Å². The van der Waals surface area contributed by atoms with Crippen LogP contribution in [0.1, 0.15) is 67.2 Å². The molecule has 0 bridgehead atoms. The van der Waals surface area contributed by atoms with Crippen molar-refractivity contribution in [3.63, 3.8) is 0 Å². The maximum absolute atomic E-state index is 12.9. The van der Waals surface area contributed by atoms with Crippen LogP contribution in [0.5, 0.6) is 0 Å². The Morgan fingerprint density at radius 3 is 2.44 bits per heavy atom. The number of benzene rings is 1. The lowest BCUT2D eigenvalue weighted by molar-refractivity contribution is -0.155. The molecule has 32 heavy (non-hydrogen) atoms. The van der Waals surface area contributed by atoms with Crippen LogP contribution in [0.25, 0.3) is 10.1 Å². The van der Waals surface area contributed by atoms with Crippen molar-refractivity contribution in [2.24, 2.45) is 5.41 Å². The first-order chi connectivity index (χ1) is 14.8. The van der Waals surface area contributed by atoms with Crippen LogP contribution in [0.3, 0.4) is 0 Å². The third-order valence-corrected chi connectivity index (χ3v) is 10.3. The van der Waals surface area contributed by atoms with E-state index in [1.54, 1.807) is 17.8 Å². The molecule has 0 aliphatic heterocycles. The zero-order valence-electron chi connectivity index (χ0n) is 19.8. The minimum atomic E-state index is -0.566. The standard InChI is InChI=1S/C25H34I2O3S2/c1-7-17(31-20-15-21(28)32-19-13-9-8-12-18(19)20)11-10-14-30-22(29)24(4,5)25(6,27)16-23(2,3)26/h8-9,12-13,15,17H,7,10-11,14,16H2,1-6H3. The van der Waals surface area contributed by atoms with E-state index in [1.165, 1.54) is 11.3 Å². The van der Waals surface area contributed by atoms with Crippen LogP contribution in [-0.4, -0.2) is 24.7 Å². The molecule has 0 fully saturated rings. The molecule has 0 saturated heterocycles. The summed E-state index contributed by atoms with van der Waals surface area (Å²) in [5.41, 5.74) is -0.566. The smallest absolute Gasteiger partial charge is 0.312 e. The highest BCUT2D eigenvalue weighted by Crippen LogP contribution is 2.47.